The van der Waals surface area contributed by atoms with Gasteiger partial charge in [-0.15, -0.1) is 0 Å². The fraction of sp³-hybridized carbons (Fsp3) is 0.972. The topological polar surface area (TPSA) is 343 Å². The molecule has 0 aliphatic carbocycles. The molecule has 4 aliphatic heterocycles. The molecule has 0 unspecified atom stereocenters. The zero-order valence-electron chi connectivity index (χ0n) is 32.5. The molecule has 58 heavy (non-hydrogen) atoms. The highest BCUT2D eigenvalue weighted by Crippen LogP contribution is 2.32. The van der Waals surface area contributed by atoms with E-state index in [0.29, 0.717) is 12.8 Å². The first-order chi connectivity index (χ1) is 27.7. The van der Waals surface area contributed by atoms with E-state index in [2.05, 4.69) is 4.74 Å². The maximum atomic E-state index is 11.2. The lowest BCUT2D eigenvalue weighted by Crippen LogP contribution is -2.63. The number of hydrogen-bond acceptors (Lipinski definition) is 22. The first-order valence-electron chi connectivity index (χ1n) is 19.9. The summed E-state index contributed by atoms with van der Waals surface area (Å²) in [5.74, 6) is -0.196. The number of ether oxygens (including phenoxy) is 9. The van der Waals surface area contributed by atoms with E-state index in [1.807, 2.05) is 0 Å². The second kappa shape index (κ2) is 24.3. The van der Waals surface area contributed by atoms with Crippen molar-refractivity contribution in [3.05, 3.63) is 0 Å². The number of carbonyl (C=O) groups excluding carboxylic acids is 1. The summed E-state index contributed by atoms with van der Waals surface area (Å²) in [5, 5.41) is 124. The molecular weight excluding hydrogens is 784 g/mol. The molecule has 4 heterocycles. The number of aliphatic hydroxyl groups excluding tert-OH is 12. The van der Waals surface area contributed by atoms with Crippen LogP contribution in [-0.4, -0.2) is 224 Å². The Bertz CT molecular complexity index is 1170. The monoisotopic (exact) mass is 848 g/mol. The van der Waals surface area contributed by atoms with Crippen LogP contribution in [0.3, 0.4) is 0 Å². The summed E-state index contributed by atoms with van der Waals surface area (Å²) in [6, 6.07) is 0. The van der Waals surface area contributed by atoms with Crippen LogP contribution >= 0.6 is 0 Å². The van der Waals surface area contributed by atoms with Crippen LogP contribution in [0, 0.1) is 0 Å². The van der Waals surface area contributed by atoms with E-state index >= 15 is 0 Å². The smallest absolute Gasteiger partial charge is 0.305 e. The van der Waals surface area contributed by atoms with Crippen molar-refractivity contribution in [3.63, 3.8) is 0 Å². The quantitative estimate of drug-likeness (QED) is 0.0338. The zero-order valence-corrected chi connectivity index (χ0v) is 32.5. The maximum absolute atomic E-state index is 11.2. The van der Waals surface area contributed by atoms with Gasteiger partial charge in [-0.3, -0.25) is 4.79 Å². The van der Waals surface area contributed by atoms with E-state index < -0.39 is 143 Å². The normalized spacial score (nSPS) is 42.1. The first-order valence-corrected chi connectivity index (χ1v) is 19.9. The van der Waals surface area contributed by atoms with Crippen molar-refractivity contribution in [1.29, 1.82) is 0 Å². The Morgan fingerprint density at radius 2 is 0.845 bits per heavy atom. The van der Waals surface area contributed by atoms with Crippen LogP contribution in [-0.2, 0) is 47.4 Å². The van der Waals surface area contributed by atoms with Gasteiger partial charge in [0.25, 0.3) is 0 Å². The summed E-state index contributed by atoms with van der Waals surface area (Å²) in [5.41, 5.74) is 0. The fourth-order valence-corrected chi connectivity index (χ4v) is 7.14. The third-order valence-electron chi connectivity index (χ3n) is 10.8. The predicted molar refractivity (Wildman–Crippen MR) is 190 cm³/mol. The van der Waals surface area contributed by atoms with E-state index in [1.54, 1.807) is 0 Å². The van der Waals surface area contributed by atoms with Gasteiger partial charge in [0.05, 0.1) is 33.5 Å². The molecule has 0 spiro atoms. The van der Waals surface area contributed by atoms with E-state index in [9.17, 15) is 66.1 Å². The van der Waals surface area contributed by atoms with Gasteiger partial charge >= 0.3 is 5.97 Å². The molecule has 12 N–H and O–H groups in total. The Balaban J connectivity index is 1.24. The van der Waals surface area contributed by atoms with E-state index in [-0.39, 0.29) is 12.6 Å². The second-order valence-electron chi connectivity index (χ2n) is 15.1. The third kappa shape index (κ3) is 13.1. The van der Waals surface area contributed by atoms with Gasteiger partial charge in [0.2, 0.25) is 0 Å². The molecular formula is C36H64O22. The van der Waals surface area contributed by atoms with Crippen LogP contribution < -0.4 is 0 Å². The lowest BCUT2D eigenvalue weighted by molar-refractivity contribution is -0.354. The molecule has 0 aromatic heterocycles. The highest BCUT2D eigenvalue weighted by molar-refractivity contribution is 5.68. The van der Waals surface area contributed by atoms with Crippen molar-refractivity contribution >= 4 is 5.97 Å². The van der Waals surface area contributed by atoms with Crippen LogP contribution in [0.15, 0.2) is 0 Å². The van der Waals surface area contributed by atoms with Crippen LogP contribution in [0.4, 0.5) is 0 Å². The van der Waals surface area contributed by atoms with Crippen molar-refractivity contribution < 1.29 is 109 Å². The summed E-state index contributed by atoms with van der Waals surface area (Å²) < 4.78 is 49.4. The zero-order chi connectivity index (χ0) is 42.5. The lowest BCUT2D eigenvalue weighted by Gasteiger charge is -2.44. The van der Waals surface area contributed by atoms with Gasteiger partial charge in [0.1, 0.15) is 91.6 Å². The Morgan fingerprint density at radius 3 is 1.36 bits per heavy atom. The number of carbonyl (C=O) groups is 1. The van der Waals surface area contributed by atoms with Crippen LogP contribution in [0.1, 0.15) is 64.2 Å². The molecule has 0 bridgehead atoms. The Morgan fingerprint density at radius 1 is 0.448 bits per heavy atom. The average Bonchev–Trinajstić information content (AvgIpc) is 3.49. The molecule has 0 aromatic carbocycles. The van der Waals surface area contributed by atoms with Crippen LogP contribution in [0.5, 0.6) is 0 Å². The van der Waals surface area contributed by atoms with Gasteiger partial charge in [-0.1, -0.05) is 44.9 Å². The van der Waals surface area contributed by atoms with Crippen molar-refractivity contribution in [1.82, 2.24) is 0 Å². The van der Waals surface area contributed by atoms with E-state index in [4.69, 9.17) is 37.9 Å². The SMILES string of the molecule is COC(=O)CCCCCCCCCCCO[C@@H]1O[C@H](CO[C@@H]2O[C@H](CO[C@@H]3O[C@H](CO)[C@H](O)[C@H](O)[C@H]3O[C@H]3O[C@@H](CO)[C@H](O)[C@H]3O)[C@H](O)[C@H](O)[C@H]2O)[C@H](O)[C@H](O)[C@H]1O. The molecule has 4 saturated heterocycles. The molecule has 19 atom stereocenters. The van der Waals surface area contributed by atoms with Gasteiger partial charge < -0.3 is 104 Å². The molecule has 4 rings (SSSR count). The fourth-order valence-electron chi connectivity index (χ4n) is 7.14. The molecule has 4 aliphatic rings. The number of aliphatic hydroxyl groups is 12. The predicted octanol–water partition coefficient (Wildman–Crippen LogP) is -5.01. The molecule has 22 heteroatoms. The van der Waals surface area contributed by atoms with Gasteiger partial charge in [0, 0.05) is 13.0 Å². The number of unbranched alkanes of at least 4 members (excludes halogenated alkanes) is 8. The second-order valence-corrected chi connectivity index (χ2v) is 15.1. The number of esters is 1. The molecule has 4 fully saturated rings. The van der Waals surface area contributed by atoms with Gasteiger partial charge in [-0.05, 0) is 12.8 Å². The largest absolute Gasteiger partial charge is 0.469 e. The standard InChI is InChI=1S/C36H64O22/c1-50-21(39)11-9-7-5-3-2-4-6-8-10-12-51-33-30(48)26(44)24(42)19(56-33)15-52-34-31(49)27(45)25(43)20(57-34)16-53-36-32(28(46)22(40)17(13-37)55-36)58-35-29(47)23(41)18(14-38)54-35/h17-20,22-38,40-49H,2-16H2,1H3/t17-,18+,19-,20-,22+,23+,24+,25+,26+,27+,28+,29-,30-,31-,32-,33-,34-,35-,36-/m1/s1. The summed E-state index contributed by atoms with van der Waals surface area (Å²) in [6.45, 7) is -2.49. The first kappa shape index (κ1) is 49.3. The maximum Gasteiger partial charge on any atom is 0.305 e. The average molecular weight is 849 g/mol. The van der Waals surface area contributed by atoms with Crippen molar-refractivity contribution in [3.8, 4) is 0 Å². The highest BCUT2D eigenvalue weighted by atomic mass is 16.8. The van der Waals surface area contributed by atoms with Gasteiger partial charge in [-0.25, -0.2) is 0 Å². The van der Waals surface area contributed by atoms with Crippen molar-refractivity contribution in [2.24, 2.45) is 0 Å². The molecule has 0 radical (unpaired) electrons. The third-order valence-corrected chi connectivity index (χ3v) is 10.8. The van der Waals surface area contributed by atoms with Gasteiger partial charge in [0.15, 0.2) is 25.2 Å². The summed E-state index contributed by atoms with van der Waals surface area (Å²) in [6.07, 6.45) is -21.8. The summed E-state index contributed by atoms with van der Waals surface area (Å²) in [4.78, 5) is 11.2. The number of methoxy groups -OCH3 is 1. The minimum Gasteiger partial charge on any atom is -0.469 e. The summed E-state index contributed by atoms with van der Waals surface area (Å²) in [7, 11) is 1.38. The minimum absolute atomic E-state index is 0.187. The molecule has 0 aromatic rings. The Kier molecular flexibility index (Phi) is 20.7. The summed E-state index contributed by atoms with van der Waals surface area (Å²) >= 11 is 0. The highest BCUT2D eigenvalue weighted by Gasteiger charge is 2.52. The number of rotatable bonds is 23. The minimum atomic E-state index is -1.87. The molecule has 340 valence electrons. The van der Waals surface area contributed by atoms with Crippen LogP contribution in [0.2, 0.25) is 0 Å². The number of hydrogen-bond donors (Lipinski definition) is 12. The van der Waals surface area contributed by atoms with Crippen molar-refractivity contribution in [2.75, 3.05) is 40.1 Å². The molecule has 0 saturated carbocycles. The van der Waals surface area contributed by atoms with Crippen LogP contribution in [0.25, 0.3) is 0 Å². The van der Waals surface area contributed by atoms with E-state index in [1.165, 1.54) is 7.11 Å². The lowest BCUT2D eigenvalue weighted by atomic mass is 9.98. The van der Waals surface area contributed by atoms with Crippen molar-refractivity contribution in [2.45, 2.75) is 181 Å². The Labute approximate surface area is 335 Å². The molecule has 0 amide bonds. The Hall–Kier alpha value is -1.33. The van der Waals surface area contributed by atoms with Gasteiger partial charge in [-0.2, -0.15) is 0 Å². The molecule has 22 nitrogen and oxygen atoms in total. The van der Waals surface area contributed by atoms with E-state index in [0.717, 1.165) is 51.4 Å².